The van der Waals surface area contributed by atoms with E-state index in [2.05, 4.69) is 5.32 Å². The summed E-state index contributed by atoms with van der Waals surface area (Å²) in [6, 6.07) is 12.3. The molecular weight excluding hydrogens is 558 g/mol. The molecule has 2 aromatic carbocycles. The third kappa shape index (κ3) is 7.29. The Kier molecular flexibility index (Phi) is 9.84. The molecule has 2 aliphatic rings. The van der Waals surface area contributed by atoms with Gasteiger partial charge in [-0.15, -0.1) is 0 Å². The summed E-state index contributed by atoms with van der Waals surface area (Å²) in [6.45, 7) is 5.22. The van der Waals surface area contributed by atoms with Gasteiger partial charge in [-0.3, -0.25) is 9.59 Å². The molecule has 230 valence electrons. The van der Waals surface area contributed by atoms with Gasteiger partial charge >= 0.3 is 5.97 Å². The molecule has 2 saturated heterocycles. The summed E-state index contributed by atoms with van der Waals surface area (Å²) in [6.07, 6.45) is 1.20. The Labute approximate surface area is 249 Å². The maximum absolute atomic E-state index is 15.0. The number of aliphatic hydroxyl groups excluding tert-OH is 1. The van der Waals surface area contributed by atoms with E-state index < -0.39 is 41.8 Å². The van der Waals surface area contributed by atoms with Gasteiger partial charge in [-0.25, -0.2) is 13.8 Å². The number of imidazole rings is 1. The molecule has 4 atom stereocenters. The predicted molar refractivity (Wildman–Crippen MR) is 155 cm³/mol. The third-order valence-corrected chi connectivity index (χ3v) is 8.23. The van der Waals surface area contributed by atoms with Crippen molar-refractivity contribution in [2.45, 2.75) is 51.5 Å². The molecule has 0 spiro atoms. The number of esters is 1. The Balaban J connectivity index is 1.66. The Hall–Kier alpha value is -3.67. The van der Waals surface area contributed by atoms with Crippen molar-refractivity contribution in [3.05, 3.63) is 77.8 Å². The van der Waals surface area contributed by atoms with Crippen LogP contribution in [0.25, 0.3) is 11.3 Å². The molecule has 0 unspecified atom stereocenters. The summed E-state index contributed by atoms with van der Waals surface area (Å²) in [5.41, 5.74) is 1.21. The molecule has 3 aromatic rings. The van der Waals surface area contributed by atoms with Crippen LogP contribution in [0.3, 0.4) is 0 Å². The van der Waals surface area contributed by atoms with E-state index in [4.69, 9.17) is 14.5 Å². The van der Waals surface area contributed by atoms with Crippen molar-refractivity contribution in [1.29, 1.82) is 0 Å². The van der Waals surface area contributed by atoms with Gasteiger partial charge in [0.1, 0.15) is 17.5 Å². The molecule has 0 radical (unpaired) electrons. The number of ether oxygens (including phenoxy) is 2. The second-order valence-corrected chi connectivity index (χ2v) is 11.3. The average molecular weight is 597 g/mol. The number of halogens is 2. The van der Waals surface area contributed by atoms with Crippen LogP contribution < -0.4 is 5.32 Å². The van der Waals surface area contributed by atoms with Crippen LogP contribution in [-0.4, -0.2) is 76.5 Å². The molecule has 3 heterocycles. The molecule has 9 nitrogen and oxygen atoms in total. The van der Waals surface area contributed by atoms with E-state index in [0.29, 0.717) is 51.5 Å². The number of β-amino-alcohol motifs (C(OH)–C–C–N with tert-alkyl or cyclic N) is 1. The van der Waals surface area contributed by atoms with Crippen LogP contribution >= 0.6 is 0 Å². The number of hydrogen-bond donors (Lipinski definition) is 2. The molecule has 1 amide bonds. The first-order valence-electron chi connectivity index (χ1n) is 14.7. The zero-order chi connectivity index (χ0) is 30.5. The van der Waals surface area contributed by atoms with Gasteiger partial charge in [0, 0.05) is 64.0 Å². The molecule has 0 aliphatic carbocycles. The van der Waals surface area contributed by atoms with Crippen molar-refractivity contribution in [1.82, 2.24) is 19.8 Å². The predicted octanol–water partition coefficient (Wildman–Crippen LogP) is 3.70. The second-order valence-electron chi connectivity index (χ2n) is 11.3. The maximum Gasteiger partial charge on any atom is 0.303 e. The Morgan fingerprint density at radius 3 is 2.58 bits per heavy atom. The minimum absolute atomic E-state index is 0.0142. The van der Waals surface area contributed by atoms with Gasteiger partial charge in [0.2, 0.25) is 0 Å². The van der Waals surface area contributed by atoms with Crippen LogP contribution in [0.2, 0.25) is 0 Å². The van der Waals surface area contributed by atoms with Crippen LogP contribution in [0, 0.1) is 23.5 Å². The minimum Gasteiger partial charge on any atom is -0.453 e. The normalized spacial score (nSPS) is 20.5. The number of nitrogens with zero attached hydrogens (tertiary/aromatic N) is 3. The monoisotopic (exact) mass is 596 g/mol. The zero-order valence-electron chi connectivity index (χ0n) is 24.4. The van der Waals surface area contributed by atoms with Gasteiger partial charge in [-0.1, -0.05) is 30.3 Å². The molecule has 2 fully saturated rings. The Morgan fingerprint density at radius 1 is 1.16 bits per heavy atom. The van der Waals surface area contributed by atoms with Crippen molar-refractivity contribution in [3.8, 4) is 11.3 Å². The standard InChI is InChI=1S/C32H38F2N4O5/c1-20(43-21(2)39)32(41)38(18-24-15-35-16-29(24)40)30(23-10-12-42-13-11-23)31-36-28(26-14-25(33)8-9-27(26)34)19-37(31)17-22-6-4-3-5-7-22/h3-9,14,19-20,23-24,29-30,35,40H,10-13,15-18H2,1-2H3/t20-,24-,29+,30+/m0/s1. The van der Waals surface area contributed by atoms with Crippen molar-refractivity contribution in [3.63, 3.8) is 0 Å². The first kappa shape index (κ1) is 30.8. The van der Waals surface area contributed by atoms with Gasteiger partial charge in [0.15, 0.2) is 6.10 Å². The summed E-state index contributed by atoms with van der Waals surface area (Å²) in [4.78, 5) is 32.6. The molecule has 43 heavy (non-hydrogen) atoms. The van der Waals surface area contributed by atoms with Crippen molar-refractivity contribution < 1.29 is 33.0 Å². The van der Waals surface area contributed by atoms with E-state index in [1.165, 1.54) is 13.8 Å². The van der Waals surface area contributed by atoms with Gasteiger partial charge in [-0.05, 0) is 49.4 Å². The molecule has 0 bridgehead atoms. The van der Waals surface area contributed by atoms with Crippen LogP contribution in [-0.2, 0) is 25.6 Å². The van der Waals surface area contributed by atoms with E-state index in [0.717, 1.165) is 23.8 Å². The summed E-state index contributed by atoms with van der Waals surface area (Å²) in [7, 11) is 0. The lowest BCUT2D eigenvalue weighted by Crippen LogP contribution is -2.49. The molecule has 0 saturated carbocycles. The number of nitrogens with one attached hydrogen (secondary N) is 1. The summed E-state index contributed by atoms with van der Waals surface area (Å²) < 4.78 is 42.2. The topological polar surface area (TPSA) is 106 Å². The number of rotatable bonds is 10. The highest BCUT2D eigenvalue weighted by molar-refractivity contribution is 5.83. The fraction of sp³-hybridized carbons (Fsp3) is 0.469. The highest BCUT2D eigenvalue weighted by Gasteiger charge is 2.41. The van der Waals surface area contributed by atoms with Crippen LogP contribution in [0.15, 0.2) is 54.7 Å². The Morgan fingerprint density at radius 2 is 1.91 bits per heavy atom. The number of aromatic nitrogens is 2. The number of carbonyl (C=O) groups is 2. The number of amides is 1. The van der Waals surface area contributed by atoms with E-state index in [9.17, 15) is 19.1 Å². The highest BCUT2D eigenvalue weighted by Crippen LogP contribution is 2.38. The molecule has 1 aromatic heterocycles. The maximum atomic E-state index is 15.0. The van der Waals surface area contributed by atoms with E-state index in [1.54, 1.807) is 11.1 Å². The SMILES string of the molecule is CC(=O)O[C@@H](C)C(=O)N(C[C@@H]1CNC[C@H]1O)[C@@H](c1nc(-c2cc(F)ccc2F)cn1Cc1ccccc1)C1CCOCC1. The number of carbonyl (C=O) groups excluding carboxylic acids is 2. The minimum atomic E-state index is -1.08. The average Bonchev–Trinajstić information content (AvgIpc) is 3.59. The molecular formula is C32H38F2N4O5. The summed E-state index contributed by atoms with van der Waals surface area (Å²) >= 11 is 0. The first-order chi connectivity index (χ1) is 20.7. The molecule has 2 aliphatic heterocycles. The number of benzene rings is 2. The number of hydrogen-bond acceptors (Lipinski definition) is 7. The fourth-order valence-corrected chi connectivity index (χ4v) is 6.06. The fourth-order valence-electron chi connectivity index (χ4n) is 6.06. The van der Waals surface area contributed by atoms with Crippen LogP contribution in [0.4, 0.5) is 8.78 Å². The lowest BCUT2D eigenvalue weighted by Gasteiger charge is -2.40. The van der Waals surface area contributed by atoms with Crippen LogP contribution in [0.1, 0.15) is 44.1 Å². The highest BCUT2D eigenvalue weighted by atomic mass is 19.1. The van der Waals surface area contributed by atoms with Gasteiger partial charge < -0.3 is 29.4 Å². The third-order valence-electron chi connectivity index (χ3n) is 8.23. The van der Waals surface area contributed by atoms with Crippen molar-refractivity contribution in [2.24, 2.45) is 11.8 Å². The van der Waals surface area contributed by atoms with E-state index in [1.807, 2.05) is 34.9 Å². The second kappa shape index (κ2) is 13.7. The number of aliphatic hydroxyl groups is 1. The molecule has 5 rings (SSSR count). The van der Waals surface area contributed by atoms with Gasteiger partial charge in [0.05, 0.1) is 17.8 Å². The van der Waals surface area contributed by atoms with Gasteiger partial charge in [-0.2, -0.15) is 0 Å². The smallest absolute Gasteiger partial charge is 0.303 e. The van der Waals surface area contributed by atoms with Crippen LogP contribution in [0.5, 0.6) is 0 Å². The lowest BCUT2D eigenvalue weighted by molar-refractivity contribution is -0.160. The molecule has 11 heteroatoms. The lowest BCUT2D eigenvalue weighted by atomic mass is 9.88. The Bertz CT molecular complexity index is 1410. The van der Waals surface area contributed by atoms with E-state index in [-0.39, 0.29) is 29.6 Å². The van der Waals surface area contributed by atoms with E-state index >= 15 is 4.39 Å². The largest absolute Gasteiger partial charge is 0.453 e. The van der Waals surface area contributed by atoms with Crippen molar-refractivity contribution >= 4 is 11.9 Å². The zero-order valence-corrected chi connectivity index (χ0v) is 24.4. The quantitative estimate of drug-likeness (QED) is 0.344. The summed E-state index contributed by atoms with van der Waals surface area (Å²) in [5.74, 6) is -2.08. The van der Waals surface area contributed by atoms with Gasteiger partial charge in [0.25, 0.3) is 5.91 Å². The first-order valence-corrected chi connectivity index (χ1v) is 14.7. The summed E-state index contributed by atoms with van der Waals surface area (Å²) in [5, 5.41) is 13.9. The molecule has 2 N–H and O–H groups in total. The van der Waals surface area contributed by atoms with Crippen molar-refractivity contribution in [2.75, 3.05) is 32.8 Å².